The fraction of sp³-hybridized carbons (Fsp3) is 0.292. The summed E-state index contributed by atoms with van der Waals surface area (Å²) in [5.74, 6) is 1.50. The van der Waals surface area contributed by atoms with Crippen molar-refractivity contribution in [3.63, 3.8) is 0 Å². The van der Waals surface area contributed by atoms with Crippen molar-refractivity contribution in [2.75, 3.05) is 20.3 Å². The predicted octanol–water partition coefficient (Wildman–Crippen LogP) is 3.48. The molecule has 10 heteroatoms. The number of carbonyl (C=O) groups excluding carboxylic acids is 2. The molecule has 0 atom stereocenters. The Morgan fingerprint density at radius 3 is 2.26 bits per heavy atom. The molecule has 0 saturated carbocycles. The number of benzene rings is 2. The van der Waals surface area contributed by atoms with E-state index >= 15 is 0 Å². The highest BCUT2D eigenvalue weighted by Crippen LogP contribution is 2.29. The molecule has 1 heterocycles. The van der Waals surface area contributed by atoms with Gasteiger partial charge in [0.15, 0.2) is 0 Å². The molecule has 3 amide bonds. The van der Waals surface area contributed by atoms with Gasteiger partial charge in [0.1, 0.15) is 18.1 Å². The van der Waals surface area contributed by atoms with Gasteiger partial charge in [0.2, 0.25) is 5.88 Å². The van der Waals surface area contributed by atoms with E-state index in [2.05, 4.69) is 15.7 Å². The van der Waals surface area contributed by atoms with Crippen molar-refractivity contribution in [1.29, 1.82) is 0 Å². The maximum absolute atomic E-state index is 12.3. The normalized spacial score (nSPS) is 10.9. The van der Waals surface area contributed by atoms with E-state index in [1.165, 1.54) is 0 Å². The van der Waals surface area contributed by atoms with Gasteiger partial charge in [-0.3, -0.25) is 0 Å². The van der Waals surface area contributed by atoms with Crippen LogP contribution in [0.3, 0.4) is 0 Å². The molecule has 2 aromatic carbocycles. The minimum absolute atomic E-state index is 0.158. The number of ether oxygens (including phenoxy) is 3. The first-order valence-corrected chi connectivity index (χ1v) is 10.7. The number of primary amides is 1. The summed E-state index contributed by atoms with van der Waals surface area (Å²) in [6.45, 7) is 6.18. The average molecular weight is 468 g/mol. The highest BCUT2D eigenvalue weighted by molar-refractivity contribution is 5.72. The molecular formula is C24H29N5O5. The maximum Gasteiger partial charge on any atom is 0.414 e. The van der Waals surface area contributed by atoms with E-state index in [4.69, 9.17) is 19.9 Å². The van der Waals surface area contributed by atoms with Gasteiger partial charge in [-0.25, -0.2) is 14.3 Å². The van der Waals surface area contributed by atoms with Gasteiger partial charge >= 0.3 is 12.1 Å². The molecule has 0 unspecified atom stereocenters. The molecule has 0 bridgehead atoms. The summed E-state index contributed by atoms with van der Waals surface area (Å²) in [5.41, 5.74) is 6.91. The number of urea groups is 1. The zero-order valence-corrected chi connectivity index (χ0v) is 19.6. The molecule has 3 rings (SSSR count). The molecule has 1 aromatic heterocycles. The molecule has 4 N–H and O–H groups in total. The number of hydrogen-bond acceptors (Lipinski definition) is 6. The third kappa shape index (κ3) is 6.89. The maximum atomic E-state index is 12.3. The molecule has 34 heavy (non-hydrogen) atoms. The Bertz CT molecular complexity index is 1120. The lowest BCUT2D eigenvalue weighted by molar-refractivity contribution is 0.188. The molecule has 180 valence electrons. The molecule has 10 nitrogen and oxygen atoms in total. The second-order valence-corrected chi connectivity index (χ2v) is 8.41. The predicted molar refractivity (Wildman–Crippen MR) is 128 cm³/mol. The third-order valence-corrected chi connectivity index (χ3v) is 4.50. The second-order valence-electron chi connectivity index (χ2n) is 8.41. The standard InChI is InChI=1S/C24H29N5O5/c1-24(2,3)27-23(31)34-21-15-20(29(28-21)17-7-11-18(32-4)12-8-17)16-5-9-19(10-6-16)33-14-13-26-22(25)30/h5-12,15H,13-14H2,1-4H3,(H,27,31)(H3,25,26,30). The van der Waals surface area contributed by atoms with Crippen molar-refractivity contribution in [3.05, 3.63) is 54.6 Å². The minimum atomic E-state index is -0.597. The van der Waals surface area contributed by atoms with Crippen LogP contribution in [0.4, 0.5) is 9.59 Å². The van der Waals surface area contributed by atoms with Crippen LogP contribution in [0.15, 0.2) is 54.6 Å². The van der Waals surface area contributed by atoms with Gasteiger partial charge in [-0.15, -0.1) is 5.10 Å². The van der Waals surface area contributed by atoms with Crippen LogP contribution >= 0.6 is 0 Å². The number of nitrogens with two attached hydrogens (primary N) is 1. The molecule has 0 fully saturated rings. The van der Waals surface area contributed by atoms with Gasteiger partial charge < -0.3 is 30.6 Å². The quantitative estimate of drug-likeness (QED) is 0.435. The van der Waals surface area contributed by atoms with E-state index in [1.54, 1.807) is 30.0 Å². The topological polar surface area (TPSA) is 130 Å². The number of hydrogen-bond donors (Lipinski definition) is 3. The van der Waals surface area contributed by atoms with E-state index in [1.807, 2.05) is 57.2 Å². The van der Waals surface area contributed by atoms with E-state index in [0.29, 0.717) is 23.7 Å². The summed E-state index contributed by atoms with van der Waals surface area (Å²) < 4.78 is 18.0. The third-order valence-electron chi connectivity index (χ3n) is 4.50. The number of methoxy groups -OCH3 is 1. The first kappa shape index (κ1) is 24.4. The molecule has 0 spiro atoms. The molecule has 0 aliphatic heterocycles. The minimum Gasteiger partial charge on any atom is -0.497 e. The SMILES string of the molecule is COc1ccc(-n2nc(OC(=O)NC(C)(C)C)cc2-c2ccc(OCCNC(N)=O)cc2)cc1. The molecule has 0 aliphatic rings. The van der Waals surface area contributed by atoms with Crippen LogP contribution in [0.25, 0.3) is 16.9 Å². The van der Waals surface area contributed by atoms with E-state index in [9.17, 15) is 9.59 Å². The van der Waals surface area contributed by atoms with Crippen LogP contribution in [0.2, 0.25) is 0 Å². The zero-order valence-electron chi connectivity index (χ0n) is 19.6. The van der Waals surface area contributed by atoms with Crippen molar-refractivity contribution in [2.45, 2.75) is 26.3 Å². The summed E-state index contributed by atoms with van der Waals surface area (Å²) in [6.07, 6.45) is -0.591. The Hall–Kier alpha value is -4.21. The monoisotopic (exact) mass is 467 g/mol. The van der Waals surface area contributed by atoms with Crippen molar-refractivity contribution in [3.8, 4) is 34.3 Å². The van der Waals surface area contributed by atoms with Gasteiger partial charge in [-0.05, 0) is 69.3 Å². The summed E-state index contributed by atoms with van der Waals surface area (Å²) >= 11 is 0. The van der Waals surface area contributed by atoms with Gasteiger partial charge in [0.05, 0.1) is 25.0 Å². The van der Waals surface area contributed by atoms with Crippen molar-refractivity contribution in [2.24, 2.45) is 5.73 Å². The van der Waals surface area contributed by atoms with Crippen LogP contribution in [0.1, 0.15) is 20.8 Å². The molecule has 3 aromatic rings. The lowest BCUT2D eigenvalue weighted by atomic mass is 10.1. The van der Waals surface area contributed by atoms with Crippen molar-refractivity contribution < 1.29 is 23.8 Å². The Morgan fingerprint density at radius 2 is 1.68 bits per heavy atom. The van der Waals surface area contributed by atoms with Crippen LogP contribution in [-0.4, -0.2) is 47.7 Å². The van der Waals surface area contributed by atoms with E-state index in [0.717, 1.165) is 11.3 Å². The first-order valence-electron chi connectivity index (χ1n) is 10.7. The largest absolute Gasteiger partial charge is 0.497 e. The Labute approximate surface area is 198 Å². The number of rotatable bonds is 8. The molecule has 0 aliphatic carbocycles. The first-order chi connectivity index (χ1) is 16.1. The lowest BCUT2D eigenvalue weighted by Gasteiger charge is -2.19. The summed E-state index contributed by atoms with van der Waals surface area (Å²) in [6, 6.07) is 15.8. The highest BCUT2D eigenvalue weighted by atomic mass is 16.6. The smallest absolute Gasteiger partial charge is 0.414 e. The zero-order chi connectivity index (χ0) is 24.7. The summed E-state index contributed by atoms with van der Waals surface area (Å²) in [5, 5.41) is 9.71. The molecule has 0 saturated heterocycles. The van der Waals surface area contributed by atoms with Gasteiger partial charge in [-0.1, -0.05) is 0 Å². The number of nitrogens with zero attached hydrogens (tertiary/aromatic N) is 2. The van der Waals surface area contributed by atoms with Crippen LogP contribution in [-0.2, 0) is 0 Å². The molecule has 0 radical (unpaired) electrons. The van der Waals surface area contributed by atoms with Crippen LogP contribution in [0, 0.1) is 0 Å². The molecular weight excluding hydrogens is 438 g/mol. The highest BCUT2D eigenvalue weighted by Gasteiger charge is 2.19. The lowest BCUT2D eigenvalue weighted by Crippen LogP contribution is -2.42. The Kier molecular flexibility index (Phi) is 7.62. The number of amides is 3. The fourth-order valence-electron chi connectivity index (χ4n) is 3.03. The number of carbonyl (C=O) groups is 2. The van der Waals surface area contributed by atoms with Gasteiger partial charge in [0, 0.05) is 17.2 Å². The van der Waals surface area contributed by atoms with Gasteiger partial charge in [0.25, 0.3) is 0 Å². The Balaban J connectivity index is 1.85. The Morgan fingerprint density at radius 1 is 1.03 bits per heavy atom. The van der Waals surface area contributed by atoms with E-state index in [-0.39, 0.29) is 12.5 Å². The van der Waals surface area contributed by atoms with Crippen molar-refractivity contribution >= 4 is 12.1 Å². The van der Waals surface area contributed by atoms with Gasteiger partial charge in [-0.2, -0.15) is 0 Å². The van der Waals surface area contributed by atoms with Crippen LogP contribution < -0.4 is 30.6 Å². The fourth-order valence-corrected chi connectivity index (χ4v) is 3.03. The number of nitrogens with one attached hydrogen (secondary N) is 2. The summed E-state index contributed by atoms with van der Waals surface area (Å²) in [7, 11) is 1.60. The summed E-state index contributed by atoms with van der Waals surface area (Å²) in [4.78, 5) is 23.0. The van der Waals surface area contributed by atoms with Crippen LogP contribution in [0.5, 0.6) is 17.4 Å². The van der Waals surface area contributed by atoms with Crippen molar-refractivity contribution in [1.82, 2.24) is 20.4 Å². The number of aromatic nitrogens is 2. The van der Waals surface area contributed by atoms with E-state index < -0.39 is 17.7 Å². The average Bonchev–Trinajstić information content (AvgIpc) is 3.19. The second kappa shape index (κ2) is 10.6.